The molecule has 0 rings (SSSR count). The number of ether oxygens (including phenoxy) is 1. The maximum absolute atomic E-state index is 11.3. The molecule has 0 fully saturated rings. The summed E-state index contributed by atoms with van der Waals surface area (Å²) < 4.78 is 4.92. The van der Waals surface area contributed by atoms with E-state index in [4.69, 9.17) is 4.74 Å². The molecule has 0 aromatic heterocycles. The van der Waals surface area contributed by atoms with Crippen LogP contribution in [-0.2, 0) is 9.53 Å². The zero-order chi connectivity index (χ0) is 10.6. The van der Waals surface area contributed by atoms with E-state index in [0.29, 0.717) is 6.61 Å². The Balaban J connectivity index is 4.35. The topological polar surface area (TPSA) is 26.3 Å². The number of hydrogen-bond acceptors (Lipinski definition) is 2. The van der Waals surface area contributed by atoms with E-state index >= 15 is 0 Å². The van der Waals surface area contributed by atoms with E-state index in [1.54, 1.807) is 0 Å². The van der Waals surface area contributed by atoms with Crippen LogP contribution in [0.3, 0.4) is 0 Å². The summed E-state index contributed by atoms with van der Waals surface area (Å²) in [5.41, 5.74) is 0.887. The molecular formula is C11H20O2. The lowest BCUT2D eigenvalue weighted by Gasteiger charge is -2.25. The lowest BCUT2D eigenvalue weighted by molar-refractivity contribution is -0.146. The lowest BCUT2D eigenvalue weighted by Crippen LogP contribution is -2.23. The molecule has 13 heavy (non-hydrogen) atoms. The van der Waals surface area contributed by atoms with Gasteiger partial charge in [0.05, 0.1) is 12.5 Å². The monoisotopic (exact) mass is 184 g/mol. The van der Waals surface area contributed by atoms with Crippen molar-refractivity contribution in [1.29, 1.82) is 0 Å². The summed E-state index contributed by atoms with van der Waals surface area (Å²) in [5, 5.41) is 0. The Hall–Kier alpha value is -0.790. The first-order valence-electron chi connectivity index (χ1n) is 4.66. The van der Waals surface area contributed by atoms with Crippen LogP contribution in [0.2, 0.25) is 0 Å². The van der Waals surface area contributed by atoms with Gasteiger partial charge < -0.3 is 4.74 Å². The van der Waals surface area contributed by atoms with E-state index in [9.17, 15) is 4.79 Å². The zero-order valence-electron chi connectivity index (χ0n) is 9.31. The Bertz CT molecular complexity index is 199. The Morgan fingerprint density at radius 1 is 1.46 bits per heavy atom. The fourth-order valence-electron chi connectivity index (χ4n) is 1.06. The average Bonchev–Trinajstić information content (AvgIpc) is 2.00. The summed E-state index contributed by atoms with van der Waals surface area (Å²) in [6.07, 6.45) is 0. The van der Waals surface area contributed by atoms with Crippen molar-refractivity contribution in [2.24, 2.45) is 11.3 Å². The standard InChI is InChI=1S/C11H20O2/c1-7-13-10(12)8(2)9(3)11(4,5)6/h8H,3,7H2,1-2,4-6H3. The number of carbonyl (C=O) groups excluding carboxylic acids is 1. The van der Waals surface area contributed by atoms with Crippen LogP contribution in [0.4, 0.5) is 0 Å². The molecule has 0 saturated heterocycles. The molecule has 0 aromatic rings. The largest absolute Gasteiger partial charge is 0.466 e. The van der Waals surface area contributed by atoms with Gasteiger partial charge in [0, 0.05) is 0 Å². The van der Waals surface area contributed by atoms with Gasteiger partial charge in [-0.3, -0.25) is 4.79 Å². The van der Waals surface area contributed by atoms with Gasteiger partial charge in [-0.15, -0.1) is 0 Å². The van der Waals surface area contributed by atoms with Crippen LogP contribution in [0, 0.1) is 11.3 Å². The van der Waals surface area contributed by atoms with Gasteiger partial charge in [-0.1, -0.05) is 32.9 Å². The van der Waals surface area contributed by atoms with Gasteiger partial charge in [0.1, 0.15) is 0 Å². The Morgan fingerprint density at radius 2 is 1.92 bits per heavy atom. The van der Waals surface area contributed by atoms with Crippen molar-refractivity contribution in [2.75, 3.05) is 6.61 Å². The van der Waals surface area contributed by atoms with Gasteiger partial charge in [0.2, 0.25) is 0 Å². The molecule has 76 valence electrons. The SMILES string of the molecule is C=C(C(C)C(=O)OCC)C(C)(C)C. The molecular weight excluding hydrogens is 164 g/mol. The molecule has 0 aromatic carbocycles. The zero-order valence-corrected chi connectivity index (χ0v) is 9.31. The van der Waals surface area contributed by atoms with Crippen molar-refractivity contribution in [1.82, 2.24) is 0 Å². The molecule has 0 spiro atoms. The van der Waals surface area contributed by atoms with Crippen LogP contribution in [0.15, 0.2) is 12.2 Å². The maximum Gasteiger partial charge on any atom is 0.312 e. The lowest BCUT2D eigenvalue weighted by atomic mass is 9.80. The first-order valence-corrected chi connectivity index (χ1v) is 4.66. The highest BCUT2D eigenvalue weighted by atomic mass is 16.5. The molecule has 2 heteroatoms. The van der Waals surface area contributed by atoms with Crippen LogP contribution < -0.4 is 0 Å². The van der Waals surface area contributed by atoms with Crippen molar-refractivity contribution in [3.05, 3.63) is 12.2 Å². The molecule has 1 unspecified atom stereocenters. The van der Waals surface area contributed by atoms with Crippen LogP contribution in [0.1, 0.15) is 34.6 Å². The van der Waals surface area contributed by atoms with E-state index in [0.717, 1.165) is 5.57 Å². The highest BCUT2D eigenvalue weighted by Crippen LogP contribution is 2.30. The van der Waals surface area contributed by atoms with Crippen molar-refractivity contribution >= 4 is 5.97 Å². The molecule has 2 nitrogen and oxygen atoms in total. The predicted molar refractivity (Wildman–Crippen MR) is 54.4 cm³/mol. The summed E-state index contributed by atoms with van der Waals surface area (Å²) in [7, 11) is 0. The second-order valence-corrected chi connectivity index (χ2v) is 4.25. The second-order valence-electron chi connectivity index (χ2n) is 4.25. The van der Waals surface area contributed by atoms with Gasteiger partial charge in [-0.25, -0.2) is 0 Å². The van der Waals surface area contributed by atoms with E-state index in [2.05, 4.69) is 6.58 Å². The van der Waals surface area contributed by atoms with E-state index in [1.807, 2.05) is 34.6 Å². The van der Waals surface area contributed by atoms with E-state index in [1.165, 1.54) is 0 Å². The van der Waals surface area contributed by atoms with Crippen molar-refractivity contribution < 1.29 is 9.53 Å². The predicted octanol–water partition coefficient (Wildman–Crippen LogP) is 2.79. The molecule has 0 saturated carbocycles. The van der Waals surface area contributed by atoms with Gasteiger partial charge >= 0.3 is 5.97 Å². The summed E-state index contributed by atoms with van der Waals surface area (Å²) in [4.78, 5) is 11.3. The number of esters is 1. The fourth-order valence-corrected chi connectivity index (χ4v) is 1.06. The highest BCUT2D eigenvalue weighted by molar-refractivity contribution is 5.75. The smallest absolute Gasteiger partial charge is 0.312 e. The minimum atomic E-state index is -0.208. The molecule has 0 radical (unpaired) electrons. The molecule has 0 aliphatic rings. The van der Waals surface area contributed by atoms with Gasteiger partial charge in [0.15, 0.2) is 0 Å². The molecule has 0 bridgehead atoms. The van der Waals surface area contributed by atoms with Crippen molar-refractivity contribution in [3.8, 4) is 0 Å². The fraction of sp³-hybridized carbons (Fsp3) is 0.727. The molecule has 1 atom stereocenters. The average molecular weight is 184 g/mol. The summed E-state index contributed by atoms with van der Waals surface area (Å²) in [6.45, 7) is 14.1. The van der Waals surface area contributed by atoms with Crippen LogP contribution in [-0.4, -0.2) is 12.6 Å². The third-order valence-electron chi connectivity index (χ3n) is 2.13. The third kappa shape index (κ3) is 3.62. The van der Waals surface area contributed by atoms with E-state index in [-0.39, 0.29) is 17.3 Å². The summed E-state index contributed by atoms with van der Waals surface area (Å²) in [6, 6.07) is 0. The van der Waals surface area contributed by atoms with Gasteiger partial charge in [-0.2, -0.15) is 0 Å². The van der Waals surface area contributed by atoms with Crippen LogP contribution in [0.5, 0.6) is 0 Å². The second kappa shape index (κ2) is 4.45. The summed E-state index contributed by atoms with van der Waals surface area (Å²) >= 11 is 0. The molecule has 0 N–H and O–H groups in total. The first kappa shape index (κ1) is 12.2. The maximum atomic E-state index is 11.3. The van der Waals surface area contributed by atoms with Gasteiger partial charge in [-0.05, 0) is 19.3 Å². The minimum Gasteiger partial charge on any atom is -0.466 e. The van der Waals surface area contributed by atoms with E-state index < -0.39 is 0 Å². The third-order valence-corrected chi connectivity index (χ3v) is 2.13. The molecule has 0 aliphatic heterocycles. The Morgan fingerprint density at radius 3 is 2.23 bits per heavy atom. The molecule has 0 heterocycles. The molecule has 0 amide bonds. The number of rotatable bonds is 3. The highest BCUT2D eigenvalue weighted by Gasteiger charge is 2.25. The Labute approximate surface area is 81.0 Å². The number of hydrogen-bond donors (Lipinski definition) is 0. The van der Waals surface area contributed by atoms with Crippen molar-refractivity contribution in [3.63, 3.8) is 0 Å². The molecule has 0 aliphatic carbocycles. The first-order chi connectivity index (χ1) is 5.80. The van der Waals surface area contributed by atoms with Crippen LogP contribution >= 0.6 is 0 Å². The Kier molecular flexibility index (Phi) is 4.18. The van der Waals surface area contributed by atoms with Gasteiger partial charge in [0.25, 0.3) is 0 Å². The van der Waals surface area contributed by atoms with Crippen molar-refractivity contribution in [2.45, 2.75) is 34.6 Å². The summed E-state index contributed by atoms with van der Waals surface area (Å²) in [5.74, 6) is -0.387. The normalized spacial score (nSPS) is 13.6. The quantitative estimate of drug-likeness (QED) is 0.498. The van der Waals surface area contributed by atoms with Crippen LogP contribution in [0.25, 0.3) is 0 Å². The number of carbonyl (C=O) groups is 1. The minimum absolute atomic E-state index is 0.0355.